The number of benzene rings is 1. The van der Waals surface area contributed by atoms with E-state index in [9.17, 15) is 14.4 Å². The quantitative estimate of drug-likeness (QED) is 0.274. The van der Waals surface area contributed by atoms with E-state index < -0.39 is 40.3 Å². The standard InChI is InChI=1S/C36H37NO7/c1-18-22(21-12-15-42-29(21)20-8-7-9-23-19(20)11-14-37(23)5)16-24-28(18)36(4)25(17-27(39)41-6)35(3)26(38)10-13-34(2)31(35)30(32(36)43-24)44-33(34)40/h7-15,22,24-25,30-32H,16-17H2,1-6H3/t22-,24-,25-,30-,31+,32-,34-,35+,36-/m1/s1. The summed E-state index contributed by atoms with van der Waals surface area (Å²) in [6.45, 7) is 8.04. The van der Waals surface area contributed by atoms with Crippen molar-refractivity contribution in [1.82, 2.24) is 4.57 Å². The Balaban J connectivity index is 1.29. The van der Waals surface area contributed by atoms with Crippen LogP contribution in [0.4, 0.5) is 0 Å². The van der Waals surface area contributed by atoms with Crippen LogP contribution in [-0.2, 0) is 35.6 Å². The van der Waals surface area contributed by atoms with Gasteiger partial charge in [-0.15, -0.1) is 0 Å². The molecule has 0 bridgehead atoms. The van der Waals surface area contributed by atoms with E-state index in [1.165, 1.54) is 13.2 Å². The zero-order chi connectivity index (χ0) is 30.9. The number of rotatable bonds is 4. The van der Waals surface area contributed by atoms with E-state index in [0.717, 1.165) is 38.9 Å². The third-order valence-electron chi connectivity index (χ3n) is 12.2. The lowest BCUT2D eigenvalue weighted by molar-refractivity contribution is -0.190. The maximum absolute atomic E-state index is 14.0. The summed E-state index contributed by atoms with van der Waals surface area (Å²) in [4.78, 5) is 40.5. The first-order valence-electron chi connectivity index (χ1n) is 15.5. The molecule has 5 aliphatic rings. The molecule has 0 spiro atoms. The fourth-order valence-electron chi connectivity index (χ4n) is 10.2. The van der Waals surface area contributed by atoms with Crippen LogP contribution < -0.4 is 0 Å². The van der Waals surface area contributed by atoms with Gasteiger partial charge in [0, 0.05) is 57.9 Å². The number of hydrogen-bond acceptors (Lipinski definition) is 7. The van der Waals surface area contributed by atoms with E-state index in [1.54, 1.807) is 12.3 Å². The first kappa shape index (κ1) is 27.6. The van der Waals surface area contributed by atoms with Crippen molar-refractivity contribution in [2.24, 2.45) is 35.1 Å². The predicted octanol–water partition coefficient (Wildman–Crippen LogP) is 5.90. The molecule has 3 aromatic rings. The van der Waals surface area contributed by atoms with Crippen molar-refractivity contribution in [2.45, 2.75) is 64.8 Å². The smallest absolute Gasteiger partial charge is 0.316 e. The van der Waals surface area contributed by atoms with Crippen molar-refractivity contribution in [3.8, 4) is 11.3 Å². The van der Waals surface area contributed by atoms with Gasteiger partial charge in [0.15, 0.2) is 5.78 Å². The van der Waals surface area contributed by atoms with Crippen molar-refractivity contribution >= 4 is 28.6 Å². The van der Waals surface area contributed by atoms with Crippen LogP contribution in [0.25, 0.3) is 22.2 Å². The number of carbonyl (C=O) groups excluding carboxylic acids is 3. The number of ketones is 1. The highest BCUT2D eigenvalue weighted by molar-refractivity contribution is 6.00. The SMILES string of the molecule is COC(=O)C[C@H]1[C@]2(C)C3=C(C)[C@H](c4ccoc4-c4cccc5c4ccn5C)C[C@H]3O[C@@H]2[C@@H]2OC(=O)[C@]3(C)C=CC(=O)[C@@]1(C)[C@@H]23. The normalized spacial score (nSPS) is 38.6. The molecule has 8 heteroatoms. The average Bonchev–Trinajstić information content (AvgIpc) is 3.80. The van der Waals surface area contributed by atoms with Crippen molar-refractivity contribution in [2.75, 3.05) is 7.11 Å². The van der Waals surface area contributed by atoms with E-state index in [4.69, 9.17) is 18.6 Å². The number of ether oxygens (including phenoxy) is 3. The lowest BCUT2D eigenvalue weighted by Crippen LogP contribution is -2.66. The number of hydrogen-bond donors (Lipinski definition) is 0. The van der Waals surface area contributed by atoms with Gasteiger partial charge < -0.3 is 23.2 Å². The second-order valence-electron chi connectivity index (χ2n) is 14.0. The van der Waals surface area contributed by atoms with Gasteiger partial charge in [0.05, 0.1) is 31.3 Å². The first-order valence-corrected chi connectivity index (χ1v) is 15.5. The summed E-state index contributed by atoms with van der Waals surface area (Å²) < 4.78 is 26.6. The molecule has 9 atom stereocenters. The Labute approximate surface area is 256 Å². The number of nitrogens with zero attached hydrogens (tertiary/aromatic N) is 1. The monoisotopic (exact) mass is 595 g/mol. The molecule has 1 saturated carbocycles. The number of methoxy groups -OCH3 is 1. The minimum Gasteiger partial charge on any atom is -0.469 e. The van der Waals surface area contributed by atoms with Gasteiger partial charge >= 0.3 is 11.9 Å². The molecule has 0 amide bonds. The zero-order valence-electron chi connectivity index (χ0n) is 25.9. The summed E-state index contributed by atoms with van der Waals surface area (Å²) in [7, 11) is 3.41. The number of fused-ring (bicyclic) bond motifs is 5. The van der Waals surface area contributed by atoms with Crippen LogP contribution in [0.15, 0.2) is 70.5 Å². The van der Waals surface area contributed by atoms with Gasteiger partial charge in [0.25, 0.3) is 0 Å². The van der Waals surface area contributed by atoms with Crippen molar-refractivity contribution in [3.63, 3.8) is 0 Å². The highest BCUT2D eigenvalue weighted by atomic mass is 16.6. The number of carbonyl (C=O) groups is 3. The Morgan fingerprint density at radius 3 is 2.68 bits per heavy atom. The second kappa shape index (κ2) is 8.84. The average molecular weight is 596 g/mol. The topological polar surface area (TPSA) is 97.0 Å². The third kappa shape index (κ3) is 3.14. The van der Waals surface area contributed by atoms with Crippen LogP contribution in [-0.4, -0.2) is 47.7 Å². The Bertz CT molecular complexity index is 1840. The molecular weight excluding hydrogens is 558 g/mol. The largest absolute Gasteiger partial charge is 0.469 e. The third-order valence-corrected chi connectivity index (χ3v) is 12.2. The number of allylic oxidation sites excluding steroid dienone is 2. The predicted molar refractivity (Wildman–Crippen MR) is 161 cm³/mol. The highest BCUT2D eigenvalue weighted by Crippen LogP contribution is 2.72. The van der Waals surface area contributed by atoms with E-state index in [1.807, 2.05) is 20.9 Å². The van der Waals surface area contributed by atoms with Crippen LogP contribution in [0, 0.1) is 28.1 Å². The molecule has 0 N–H and O–H groups in total. The van der Waals surface area contributed by atoms with E-state index in [-0.39, 0.29) is 36.2 Å². The van der Waals surface area contributed by atoms with Crippen molar-refractivity contribution < 1.29 is 33.0 Å². The van der Waals surface area contributed by atoms with Gasteiger partial charge in [-0.3, -0.25) is 14.4 Å². The second-order valence-corrected chi connectivity index (χ2v) is 14.0. The molecule has 8 rings (SSSR count). The lowest BCUT2D eigenvalue weighted by Gasteiger charge is -2.59. The van der Waals surface area contributed by atoms with Crippen LogP contribution in [0.3, 0.4) is 0 Å². The Morgan fingerprint density at radius 1 is 1.11 bits per heavy atom. The summed E-state index contributed by atoms with van der Waals surface area (Å²) in [5.74, 6) is -0.863. The summed E-state index contributed by atoms with van der Waals surface area (Å²) in [5.41, 5.74) is 2.77. The molecule has 8 nitrogen and oxygen atoms in total. The summed E-state index contributed by atoms with van der Waals surface area (Å²) in [6.07, 6.45) is 6.43. The van der Waals surface area contributed by atoms with Crippen LogP contribution in [0.1, 0.15) is 52.0 Å². The maximum Gasteiger partial charge on any atom is 0.316 e. The molecule has 44 heavy (non-hydrogen) atoms. The summed E-state index contributed by atoms with van der Waals surface area (Å²) in [5, 5.41) is 1.12. The zero-order valence-corrected chi connectivity index (χ0v) is 25.9. The molecule has 3 fully saturated rings. The minimum absolute atomic E-state index is 0.0168. The van der Waals surface area contributed by atoms with Gasteiger partial charge in [0.1, 0.15) is 18.0 Å². The van der Waals surface area contributed by atoms with Gasteiger partial charge in [-0.2, -0.15) is 0 Å². The molecule has 228 valence electrons. The molecule has 1 aromatic carbocycles. The summed E-state index contributed by atoms with van der Waals surface area (Å²) >= 11 is 0. The van der Waals surface area contributed by atoms with Gasteiger partial charge in [-0.05, 0) is 56.0 Å². The van der Waals surface area contributed by atoms with Crippen LogP contribution in [0.5, 0.6) is 0 Å². The van der Waals surface area contributed by atoms with E-state index in [0.29, 0.717) is 6.42 Å². The molecule has 2 aliphatic heterocycles. The lowest BCUT2D eigenvalue weighted by atomic mass is 9.42. The van der Waals surface area contributed by atoms with Gasteiger partial charge in [-0.1, -0.05) is 37.6 Å². The molecule has 3 aliphatic carbocycles. The fourth-order valence-corrected chi connectivity index (χ4v) is 10.2. The molecule has 0 unspecified atom stereocenters. The minimum atomic E-state index is -1.03. The maximum atomic E-state index is 14.0. The number of furan rings is 1. The highest BCUT2D eigenvalue weighted by Gasteiger charge is 2.77. The molecule has 0 radical (unpaired) electrons. The van der Waals surface area contributed by atoms with Crippen molar-refractivity contribution in [1.29, 1.82) is 0 Å². The number of aryl methyl sites for hydroxylation is 1. The van der Waals surface area contributed by atoms with Crippen LogP contribution in [0.2, 0.25) is 0 Å². The van der Waals surface area contributed by atoms with Crippen molar-refractivity contribution in [3.05, 3.63) is 71.7 Å². The first-order chi connectivity index (χ1) is 21.0. The summed E-state index contributed by atoms with van der Waals surface area (Å²) in [6, 6.07) is 10.4. The van der Waals surface area contributed by atoms with Gasteiger partial charge in [-0.25, -0.2) is 0 Å². The Hall–Kier alpha value is -3.91. The van der Waals surface area contributed by atoms with E-state index in [2.05, 4.69) is 54.9 Å². The van der Waals surface area contributed by atoms with E-state index >= 15 is 0 Å². The number of aromatic nitrogens is 1. The van der Waals surface area contributed by atoms with Crippen LogP contribution >= 0.6 is 0 Å². The molecular formula is C36H37NO7. The molecule has 2 aromatic heterocycles. The molecule has 2 saturated heterocycles. The Kier molecular flexibility index (Phi) is 5.55. The number of esters is 2. The molecule has 4 heterocycles. The van der Waals surface area contributed by atoms with Gasteiger partial charge in [0.2, 0.25) is 0 Å². The Morgan fingerprint density at radius 2 is 1.91 bits per heavy atom. The fraction of sp³-hybridized carbons (Fsp3) is 0.472.